The van der Waals surface area contributed by atoms with Gasteiger partial charge in [0, 0.05) is 16.1 Å². The van der Waals surface area contributed by atoms with Gasteiger partial charge in [-0.3, -0.25) is 5.41 Å². The van der Waals surface area contributed by atoms with Crippen LogP contribution in [-0.4, -0.2) is 22.5 Å². The van der Waals surface area contributed by atoms with Crippen LogP contribution in [0, 0.1) is 26.2 Å². The lowest BCUT2D eigenvalue weighted by atomic mass is 10.1. The van der Waals surface area contributed by atoms with Crippen molar-refractivity contribution < 1.29 is 5.11 Å². The molecule has 1 aliphatic rings. The van der Waals surface area contributed by atoms with E-state index in [1.54, 1.807) is 0 Å². The summed E-state index contributed by atoms with van der Waals surface area (Å²) in [5.41, 5.74) is 5.79. The largest absolute Gasteiger partial charge is 0.510 e. The number of nitrogens with zero attached hydrogens (tertiary/aromatic N) is 2. The van der Waals surface area contributed by atoms with Gasteiger partial charge in [-0.05, 0) is 44.0 Å². The standard InChI is InChI=1S/C22H21N3OS/c1-13-9-10-17(11-14(13)2)25-12-18(26)19(21(25)23)22-24-20(15(3)27-22)16-7-5-4-6-8-16/h4-11,23,26H,12H2,1-3H3. The number of aliphatic hydroxyl groups is 1. The molecular weight excluding hydrogens is 354 g/mol. The molecule has 4 nitrogen and oxygen atoms in total. The highest BCUT2D eigenvalue weighted by atomic mass is 32.1. The summed E-state index contributed by atoms with van der Waals surface area (Å²) in [6.07, 6.45) is 0. The number of hydrogen-bond acceptors (Lipinski definition) is 4. The maximum Gasteiger partial charge on any atom is 0.139 e. The summed E-state index contributed by atoms with van der Waals surface area (Å²) in [7, 11) is 0. The SMILES string of the molecule is Cc1ccc(N2CC(O)=C(c3nc(-c4ccccc4)c(C)s3)C2=N)cc1C. The van der Waals surface area contributed by atoms with Crippen LogP contribution in [-0.2, 0) is 0 Å². The molecule has 4 rings (SSSR count). The zero-order valence-electron chi connectivity index (χ0n) is 15.6. The lowest BCUT2D eigenvalue weighted by Gasteiger charge is -2.19. The molecule has 0 atom stereocenters. The molecule has 2 heterocycles. The lowest BCUT2D eigenvalue weighted by molar-refractivity contribution is 0.411. The van der Waals surface area contributed by atoms with Crippen LogP contribution in [0.4, 0.5) is 5.69 Å². The minimum atomic E-state index is 0.201. The first-order valence-electron chi connectivity index (χ1n) is 8.84. The minimum absolute atomic E-state index is 0.201. The Hall–Kier alpha value is -2.92. The average Bonchev–Trinajstić information content (AvgIpc) is 3.17. The van der Waals surface area contributed by atoms with Gasteiger partial charge in [0.15, 0.2) is 0 Å². The van der Waals surface area contributed by atoms with E-state index in [1.165, 1.54) is 22.5 Å². The number of nitrogens with one attached hydrogen (secondary N) is 1. The number of amidine groups is 1. The van der Waals surface area contributed by atoms with Crippen molar-refractivity contribution in [1.29, 1.82) is 5.41 Å². The molecule has 3 aromatic rings. The van der Waals surface area contributed by atoms with Gasteiger partial charge in [-0.25, -0.2) is 4.98 Å². The molecule has 0 unspecified atom stereocenters. The van der Waals surface area contributed by atoms with E-state index in [1.807, 2.05) is 54.3 Å². The number of rotatable bonds is 3. The van der Waals surface area contributed by atoms with E-state index in [0.717, 1.165) is 21.8 Å². The first kappa shape index (κ1) is 17.5. The zero-order valence-corrected chi connectivity index (χ0v) is 16.4. The normalized spacial score (nSPS) is 14.3. The Labute approximate surface area is 163 Å². The Morgan fingerprint density at radius 1 is 1.04 bits per heavy atom. The summed E-state index contributed by atoms with van der Waals surface area (Å²) in [5, 5.41) is 19.9. The maximum absolute atomic E-state index is 10.6. The molecule has 136 valence electrons. The average molecular weight is 375 g/mol. The second kappa shape index (κ2) is 6.67. The highest BCUT2D eigenvalue weighted by molar-refractivity contribution is 7.13. The van der Waals surface area contributed by atoms with Crippen LogP contribution < -0.4 is 4.90 Å². The van der Waals surface area contributed by atoms with Crippen LogP contribution in [0.3, 0.4) is 0 Å². The van der Waals surface area contributed by atoms with E-state index in [9.17, 15) is 5.11 Å². The van der Waals surface area contributed by atoms with Crippen LogP contribution in [0.1, 0.15) is 21.0 Å². The summed E-state index contributed by atoms with van der Waals surface area (Å²) in [6, 6.07) is 16.1. The van der Waals surface area contributed by atoms with Gasteiger partial charge in [-0.1, -0.05) is 36.4 Å². The topological polar surface area (TPSA) is 60.2 Å². The van der Waals surface area contributed by atoms with E-state index < -0.39 is 0 Å². The van der Waals surface area contributed by atoms with Crippen LogP contribution in [0.5, 0.6) is 0 Å². The number of benzene rings is 2. The molecule has 1 aliphatic heterocycles. The van der Waals surface area contributed by atoms with E-state index in [4.69, 9.17) is 10.4 Å². The minimum Gasteiger partial charge on any atom is -0.510 e. The molecule has 0 saturated carbocycles. The van der Waals surface area contributed by atoms with Gasteiger partial charge < -0.3 is 10.0 Å². The summed E-state index contributed by atoms with van der Waals surface area (Å²) in [4.78, 5) is 7.66. The lowest BCUT2D eigenvalue weighted by Crippen LogP contribution is -2.26. The number of aliphatic hydroxyl groups excluding tert-OH is 1. The van der Waals surface area contributed by atoms with Crippen molar-refractivity contribution in [3.8, 4) is 11.3 Å². The first-order chi connectivity index (χ1) is 13.0. The Balaban J connectivity index is 1.69. The van der Waals surface area contributed by atoms with E-state index in [-0.39, 0.29) is 5.76 Å². The highest BCUT2D eigenvalue weighted by Gasteiger charge is 2.32. The van der Waals surface area contributed by atoms with Gasteiger partial charge in [0.1, 0.15) is 16.6 Å². The molecule has 2 aromatic carbocycles. The van der Waals surface area contributed by atoms with Gasteiger partial charge in [0.2, 0.25) is 0 Å². The van der Waals surface area contributed by atoms with E-state index in [2.05, 4.69) is 19.9 Å². The Morgan fingerprint density at radius 3 is 2.48 bits per heavy atom. The third-order valence-electron chi connectivity index (χ3n) is 4.96. The molecule has 0 fully saturated rings. The van der Waals surface area contributed by atoms with Crippen molar-refractivity contribution in [2.75, 3.05) is 11.4 Å². The molecule has 27 heavy (non-hydrogen) atoms. The number of aromatic nitrogens is 1. The van der Waals surface area contributed by atoms with Crippen molar-refractivity contribution in [2.24, 2.45) is 0 Å². The number of anilines is 1. The van der Waals surface area contributed by atoms with Gasteiger partial charge in [0.05, 0.1) is 17.8 Å². The van der Waals surface area contributed by atoms with Crippen LogP contribution >= 0.6 is 11.3 Å². The van der Waals surface area contributed by atoms with Crippen molar-refractivity contribution in [3.05, 3.63) is 75.3 Å². The van der Waals surface area contributed by atoms with Gasteiger partial charge in [0.25, 0.3) is 0 Å². The summed E-state index contributed by atoms with van der Waals surface area (Å²) in [6.45, 7) is 6.46. The fourth-order valence-electron chi connectivity index (χ4n) is 3.29. The highest BCUT2D eigenvalue weighted by Crippen LogP contribution is 2.36. The van der Waals surface area contributed by atoms with Crippen LogP contribution in [0.15, 0.2) is 54.3 Å². The fraction of sp³-hybridized carbons (Fsp3) is 0.182. The molecule has 0 aliphatic carbocycles. The Kier molecular flexibility index (Phi) is 4.32. The number of thiazole rings is 1. The van der Waals surface area contributed by atoms with Crippen LogP contribution in [0.2, 0.25) is 0 Å². The van der Waals surface area contributed by atoms with E-state index >= 15 is 0 Å². The molecular formula is C22H21N3OS. The maximum atomic E-state index is 10.6. The number of aryl methyl sites for hydroxylation is 3. The van der Waals surface area contributed by atoms with Crippen LogP contribution in [0.25, 0.3) is 16.8 Å². The summed E-state index contributed by atoms with van der Waals surface area (Å²) < 4.78 is 0. The third kappa shape index (κ3) is 3.04. The number of hydrogen-bond donors (Lipinski definition) is 2. The monoisotopic (exact) mass is 375 g/mol. The summed E-state index contributed by atoms with van der Waals surface area (Å²) >= 11 is 1.52. The molecule has 2 N–H and O–H groups in total. The first-order valence-corrected chi connectivity index (χ1v) is 9.66. The predicted molar refractivity (Wildman–Crippen MR) is 113 cm³/mol. The van der Waals surface area contributed by atoms with Crippen molar-refractivity contribution in [2.45, 2.75) is 20.8 Å². The van der Waals surface area contributed by atoms with E-state index in [0.29, 0.717) is 23.0 Å². The molecule has 0 spiro atoms. The smallest absolute Gasteiger partial charge is 0.139 e. The molecule has 0 saturated heterocycles. The summed E-state index contributed by atoms with van der Waals surface area (Å²) in [5.74, 6) is 0.496. The van der Waals surface area contributed by atoms with Crippen molar-refractivity contribution >= 4 is 28.4 Å². The molecule has 0 amide bonds. The second-order valence-electron chi connectivity index (χ2n) is 6.81. The van der Waals surface area contributed by atoms with Gasteiger partial charge >= 0.3 is 0 Å². The predicted octanol–water partition coefficient (Wildman–Crippen LogP) is 5.50. The fourth-order valence-corrected chi connectivity index (χ4v) is 4.29. The van der Waals surface area contributed by atoms with Gasteiger partial charge in [-0.2, -0.15) is 0 Å². The van der Waals surface area contributed by atoms with Crippen molar-refractivity contribution in [1.82, 2.24) is 4.98 Å². The molecule has 1 aromatic heterocycles. The third-order valence-corrected chi connectivity index (χ3v) is 5.95. The molecule has 0 bridgehead atoms. The molecule has 5 heteroatoms. The Morgan fingerprint density at radius 2 is 1.78 bits per heavy atom. The Bertz CT molecular complexity index is 1070. The quantitative estimate of drug-likeness (QED) is 0.635. The zero-order chi connectivity index (χ0) is 19.1. The van der Waals surface area contributed by atoms with Gasteiger partial charge in [-0.15, -0.1) is 11.3 Å². The molecule has 0 radical (unpaired) electrons. The van der Waals surface area contributed by atoms with Crippen molar-refractivity contribution in [3.63, 3.8) is 0 Å². The second-order valence-corrected chi connectivity index (χ2v) is 8.02.